The van der Waals surface area contributed by atoms with Gasteiger partial charge < -0.3 is 13.9 Å². The molecule has 0 amide bonds. The normalized spacial score (nSPS) is 10.5. The Morgan fingerprint density at radius 1 is 1.00 bits per heavy atom. The molecule has 1 aromatic heterocycles. The molecule has 1 heterocycles. The average molecular weight is 241 g/mol. The molecule has 0 aliphatic heterocycles. The van der Waals surface area contributed by atoms with Crippen LogP contribution in [0.5, 0.6) is 17.6 Å². The van der Waals surface area contributed by atoms with E-state index in [1.165, 1.54) is 0 Å². The highest BCUT2D eigenvalue weighted by molar-refractivity contribution is 5.72. The van der Waals surface area contributed by atoms with Crippen LogP contribution in [0.25, 0.3) is 11.1 Å². The Kier molecular flexibility index (Phi) is 2.61. The highest BCUT2D eigenvalue weighted by atomic mass is 16.6. The van der Waals surface area contributed by atoms with Crippen molar-refractivity contribution in [1.82, 2.24) is 4.98 Å². The van der Waals surface area contributed by atoms with Gasteiger partial charge in [-0.25, -0.2) is 0 Å². The van der Waals surface area contributed by atoms with E-state index in [-0.39, 0.29) is 6.08 Å². The summed E-state index contributed by atoms with van der Waals surface area (Å²) in [6, 6.07) is 14.8. The SMILES string of the molecule is COc1cccc(Oc2nc3ccccc3o2)c1. The van der Waals surface area contributed by atoms with Crippen LogP contribution < -0.4 is 9.47 Å². The van der Waals surface area contributed by atoms with Gasteiger partial charge >= 0.3 is 6.08 Å². The molecule has 0 aliphatic carbocycles. The Hall–Kier alpha value is -2.49. The van der Waals surface area contributed by atoms with Gasteiger partial charge in [-0.15, -0.1) is 0 Å². The van der Waals surface area contributed by atoms with Gasteiger partial charge in [0.05, 0.1) is 7.11 Å². The average Bonchev–Trinajstić information content (AvgIpc) is 2.81. The molecule has 3 aromatic rings. The van der Waals surface area contributed by atoms with Crippen molar-refractivity contribution in [3.63, 3.8) is 0 Å². The number of benzene rings is 2. The lowest BCUT2D eigenvalue weighted by Gasteiger charge is -2.02. The molecule has 3 rings (SSSR count). The number of para-hydroxylation sites is 2. The highest BCUT2D eigenvalue weighted by Crippen LogP contribution is 2.27. The Labute approximate surface area is 104 Å². The molecule has 0 atom stereocenters. The van der Waals surface area contributed by atoms with E-state index in [1.807, 2.05) is 42.5 Å². The molecule has 4 heteroatoms. The first-order valence-electron chi connectivity index (χ1n) is 5.52. The number of aromatic nitrogens is 1. The molecule has 0 aliphatic rings. The lowest BCUT2D eigenvalue weighted by molar-refractivity contribution is 0.340. The molecule has 0 saturated carbocycles. The molecular weight excluding hydrogens is 230 g/mol. The van der Waals surface area contributed by atoms with E-state index in [4.69, 9.17) is 13.9 Å². The first-order valence-corrected chi connectivity index (χ1v) is 5.52. The van der Waals surface area contributed by atoms with Gasteiger partial charge in [0.2, 0.25) is 0 Å². The largest absolute Gasteiger partial charge is 0.497 e. The minimum atomic E-state index is 0.226. The lowest BCUT2D eigenvalue weighted by Crippen LogP contribution is -1.86. The summed E-state index contributed by atoms with van der Waals surface area (Å²) in [6.07, 6.45) is 0.226. The van der Waals surface area contributed by atoms with Crippen molar-refractivity contribution in [2.24, 2.45) is 0 Å². The monoisotopic (exact) mass is 241 g/mol. The Morgan fingerprint density at radius 3 is 2.67 bits per heavy atom. The zero-order valence-electron chi connectivity index (χ0n) is 9.79. The van der Waals surface area contributed by atoms with Crippen LogP contribution in [-0.2, 0) is 0 Å². The van der Waals surface area contributed by atoms with Crippen molar-refractivity contribution in [2.45, 2.75) is 0 Å². The van der Waals surface area contributed by atoms with Crippen LogP contribution in [0.1, 0.15) is 0 Å². The maximum absolute atomic E-state index is 5.55. The topological polar surface area (TPSA) is 44.5 Å². The minimum absolute atomic E-state index is 0.226. The molecule has 0 fully saturated rings. The number of oxazole rings is 1. The fraction of sp³-hybridized carbons (Fsp3) is 0.0714. The van der Waals surface area contributed by atoms with E-state index in [2.05, 4.69) is 4.98 Å². The predicted octanol–water partition coefficient (Wildman–Crippen LogP) is 3.63. The van der Waals surface area contributed by atoms with Gasteiger partial charge in [-0.05, 0) is 24.3 Å². The summed E-state index contributed by atoms with van der Waals surface area (Å²) in [6.45, 7) is 0. The zero-order chi connectivity index (χ0) is 12.4. The van der Waals surface area contributed by atoms with Crippen LogP contribution in [0.2, 0.25) is 0 Å². The van der Waals surface area contributed by atoms with Gasteiger partial charge in [0.15, 0.2) is 5.58 Å². The molecule has 0 saturated heterocycles. The van der Waals surface area contributed by atoms with Crippen LogP contribution in [0, 0.1) is 0 Å². The summed E-state index contributed by atoms with van der Waals surface area (Å²) in [5.41, 5.74) is 1.48. The van der Waals surface area contributed by atoms with Crippen LogP contribution in [0.15, 0.2) is 52.9 Å². The summed E-state index contributed by atoms with van der Waals surface area (Å²) < 4.78 is 16.1. The number of ether oxygens (including phenoxy) is 2. The van der Waals surface area contributed by atoms with Crippen LogP contribution in [0.4, 0.5) is 0 Å². The quantitative estimate of drug-likeness (QED) is 0.702. The second-order valence-electron chi connectivity index (χ2n) is 3.73. The van der Waals surface area contributed by atoms with Crippen molar-refractivity contribution in [3.05, 3.63) is 48.5 Å². The van der Waals surface area contributed by atoms with Gasteiger partial charge in [0.1, 0.15) is 17.0 Å². The number of methoxy groups -OCH3 is 1. The van der Waals surface area contributed by atoms with Gasteiger partial charge in [0.25, 0.3) is 0 Å². The number of rotatable bonds is 3. The fourth-order valence-corrected chi connectivity index (χ4v) is 1.66. The maximum Gasteiger partial charge on any atom is 0.400 e. The van der Waals surface area contributed by atoms with E-state index in [0.29, 0.717) is 11.3 Å². The van der Waals surface area contributed by atoms with E-state index in [1.54, 1.807) is 13.2 Å². The van der Waals surface area contributed by atoms with Gasteiger partial charge in [0, 0.05) is 6.07 Å². The lowest BCUT2D eigenvalue weighted by atomic mass is 10.3. The molecule has 0 spiro atoms. The van der Waals surface area contributed by atoms with Gasteiger partial charge in [-0.3, -0.25) is 0 Å². The molecule has 0 N–H and O–H groups in total. The second kappa shape index (κ2) is 4.41. The molecular formula is C14H11NO3. The minimum Gasteiger partial charge on any atom is -0.497 e. The van der Waals surface area contributed by atoms with Crippen molar-refractivity contribution >= 4 is 11.1 Å². The van der Waals surface area contributed by atoms with E-state index >= 15 is 0 Å². The van der Waals surface area contributed by atoms with Crippen molar-refractivity contribution < 1.29 is 13.9 Å². The van der Waals surface area contributed by atoms with Crippen LogP contribution in [-0.4, -0.2) is 12.1 Å². The molecule has 0 unspecified atom stereocenters. The number of nitrogens with zero attached hydrogens (tertiary/aromatic N) is 1. The van der Waals surface area contributed by atoms with Crippen LogP contribution >= 0.6 is 0 Å². The van der Waals surface area contributed by atoms with Crippen LogP contribution in [0.3, 0.4) is 0 Å². The third kappa shape index (κ3) is 2.00. The van der Waals surface area contributed by atoms with E-state index < -0.39 is 0 Å². The first-order chi connectivity index (χ1) is 8.85. The smallest absolute Gasteiger partial charge is 0.400 e. The molecule has 90 valence electrons. The first kappa shape index (κ1) is 10.7. The van der Waals surface area contributed by atoms with Gasteiger partial charge in [-0.2, -0.15) is 4.98 Å². The summed E-state index contributed by atoms with van der Waals surface area (Å²) >= 11 is 0. The Balaban J connectivity index is 1.91. The summed E-state index contributed by atoms with van der Waals surface area (Å²) in [4.78, 5) is 4.23. The van der Waals surface area contributed by atoms with Crippen molar-refractivity contribution in [1.29, 1.82) is 0 Å². The summed E-state index contributed by atoms with van der Waals surface area (Å²) in [5, 5.41) is 0. The number of fused-ring (bicyclic) bond motifs is 1. The highest BCUT2D eigenvalue weighted by Gasteiger charge is 2.07. The summed E-state index contributed by atoms with van der Waals surface area (Å²) in [7, 11) is 1.61. The number of hydrogen-bond acceptors (Lipinski definition) is 4. The Bertz CT molecular complexity index is 642. The number of hydrogen-bond donors (Lipinski definition) is 0. The fourth-order valence-electron chi connectivity index (χ4n) is 1.66. The third-order valence-electron chi connectivity index (χ3n) is 2.52. The predicted molar refractivity (Wildman–Crippen MR) is 67.1 cm³/mol. The maximum atomic E-state index is 5.55. The molecule has 2 aromatic carbocycles. The van der Waals surface area contributed by atoms with Crippen molar-refractivity contribution in [2.75, 3.05) is 7.11 Å². The second-order valence-corrected chi connectivity index (χ2v) is 3.73. The Morgan fingerprint density at radius 2 is 1.83 bits per heavy atom. The van der Waals surface area contributed by atoms with Gasteiger partial charge in [-0.1, -0.05) is 18.2 Å². The molecule has 0 radical (unpaired) electrons. The van der Waals surface area contributed by atoms with E-state index in [0.717, 1.165) is 11.3 Å². The van der Waals surface area contributed by atoms with E-state index in [9.17, 15) is 0 Å². The molecule has 4 nitrogen and oxygen atoms in total. The standard InChI is InChI=1S/C14H11NO3/c1-16-10-5-4-6-11(9-10)17-14-15-12-7-2-3-8-13(12)18-14/h2-9H,1H3. The zero-order valence-corrected chi connectivity index (χ0v) is 9.79. The summed E-state index contributed by atoms with van der Waals surface area (Å²) in [5.74, 6) is 1.35. The molecule has 0 bridgehead atoms. The molecule has 18 heavy (non-hydrogen) atoms. The third-order valence-corrected chi connectivity index (χ3v) is 2.52. The van der Waals surface area contributed by atoms with Crippen molar-refractivity contribution in [3.8, 4) is 17.6 Å².